The standard InChI is InChI=1S/C101H96N6/c1-68-23-11-14-26-80(68)95-62-102(65-105(95)77-47-50-86-83-29-17-20-32-89(83)98(4,5)92(86)59-77)56-53-71-35-41-74(42-36-71)101(10,75-43-37-72(38-44-75)54-57-103-63-96(81-27-15-12-24-69(81)2)106(66-103)78-48-51-87-84-30-18-21-33-90(84)99(6,7)93(87)60-78)76-45-39-73(40-46-76)55-58-104-64-97(82-28-16-13-25-70(82)3)107(67-104)79-49-52-88-85-31-19-22-34-91(85)100(8,9)94(88)61-79/h11-52,59-64H,53-58,65-67H2,1-10H3. The number of fused-ring (bicyclic) bond motifs is 9. The number of benzene rings is 12. The summed E-state index contributed by atoms with van der Waals surface area (Å²) in [4.78, 5) is 15.2. The molecule has 12 aromatic carbocycles. The lowest BCUT2D eigenvalue weighted by Crippen LogP contribution is -2.28. The van der Waals surface area contributed by atoms with Crippen molar-refractivity contribution in [1.82, 2.24) is 14.7 Å². The number of anilines is 3. The molecular weight excluding hydrogens is 1300 g/mol. The Bertz CT molecular complexity index is 5020. The van der Waals surface area contributed by atoms with Crippen LogP contribution in [-0.4, -0.2) is 54.3 Å². The summed E-state index contributed by atoms with van der Waals surface area (Å²) in [5.74, 6) is 0. The van der Waals surface area contributed by atoms with Crippen molar-refractivity contribution in [2.24, 2.45) is 0 Å². The van der Waals surface area contributed by atoms with E-state index in [9.17, 15) is 0 Å². The molecule has 12 aromatic rings. The molecule has 0 fully saturated rings. The summed E-state index contributed by atoms with van der Waals surface area (Å²) >= 11 is 0. The zero-order valence-electron chi connectivity index (χ0n) is 63.8. The van der Waals surface area contributed by atoms with Gasteiger partial charge in [0.15, 0.2) is 0 Å². The SMILES string of the molecule is Cc1ccccc1C1=CN(CCc2ccc(C(C)(c3ccc(CCN4C=C(c5ccccc5C)N(c5ccc6c(c5)C(C)(C)c5ccccc5-6)C4)cc3)c3ccc(CCN4C=C(c5ccccc5C)N(c5ccc6c(c5)C(C)(C)c5ccccc5-6)C4)cc3)cc2)CN1c1ccc2c(c1)C(C)(C)c1ccccc1-2. The molecule has 3 heterocycles. The number of hydrogen-bond donors (Lipinski definition) is 0. The smallest absolute Gasteiger partial charge is 0.0948 e. The molecule has 3 aliphatic heterocycles. The highest BCUT2D eigenvalue weighted by molar-refractivity contribution is 5.91. The van der Waals surface area contributed by atoms with E-state index in [0.29, 0.717) is 0 Å². The second-order valence-electron chi connectivity index (χ2n) is 32.8. The molecule has 0 spiro atoms. The maximum Gasteiger partial charge on any atom is 0.0948 e. The van der Waals surface area contributed by atoms with Gasteiger partial charge in [0.05, 0.1) is 37.1 Å². The van der Waals surface area contributed by atoms with E-state index in [-0.39, 0.29) is 16.2 Å². The maximum absolute atomic E-state index is 2.54. The van der Waals surface area contributed by atoms with Crippen LogP contribution in [0.25, 0.3) is 50.5 Å². The molecule has 0 bridgehead atoms. The molecule has 6 aliphatic rings. The van der Waals surface area contributed by atoms with Crippen molar-refractivity contribution in [3.63, 3.8) is 0 Å². The molecule has 6 nitrogen and oxygen atoms in total. The molecule has 18 rings (SSSR count). The van der Waals surface area contributed by atoms with Crippen LogP contribution < -0.4 is 14.7 Å². The first-order chi connectivity index (χ1) is 51.9. The fourth-order valence-electron chi connectivity index (χ4n) is 18.8. The molecule has 0 aromatic heterocycles. The molecular formula is C101H96N6. The molecule has 0 N–H and O–H groups in total. The highest BCUT2D eigenvalue weighted by Gasteiger charge is 2.41. The van der Waals surface area contributed by atoms with E-state index in [0.717, 1.165) is 58.9 Å². The fourth-order valence-corrected chi connectivity index (χ4v) is 18.8. The summed E-state index contributed by atoms with van der Waals surface area (Å²) < 4.78 is 0. The first-order valence-electron chi connectivity index (χ1n) is 38.8. The Hall–Kier alpha value is -11.3. The largest absolute Gasteiger partial charge is 0.357 e. The van der Waals surface area contributed by atoms with Crippen LogP contribution in [0.1, 0.15) is 149 Å². The van der Waals surface area contributed by atoms with Crippen molar-refractivity contribution >= 4 is 34.2 Å². The van der Waals surface area contributed by atoms with Crippen LogP contribution in [0.5, 0.6) is 0 Å². The fraction of sp³-hybridized carbons (Fsp3) is 0.228. The second-order valence-corrected chi connectivity index (χ2v) is 32.8. The van der Waals surface area contributed by atoms with E-state index in [2.05, 4.69) is 390 Å². The topological polar surface area (TPSA) is 19.4 Å². The monoisotopic (exact) mass is 1390 g/mol. The predicted molar refractivity (Wildman–Crippen MR) is 448 cm³/mol. The minimum Gasteiger partial charge on any atom is -0.357 e. The third-order valence-corrected chi connectivity index (χ3v) is 25.3. The quantitative estimate of drug-likeness (QED) is 0.0792. The van der Waals surface area contributed by atoms with Gasteiger partial charge in [-0.25, -0.2) is 0 Å². The lowest BCUT2D eigenvalue weighted by atomic mass is 9.70. The van der Waals surface area contributed by atoms with Crippen LogP contribution in [0.4, 0.5) is 17.1 Å². The molecule has 3 aliphatic carbocycles. The lowest BCUT2D eigenvalue weighted by molar-refractivity contribution is 0.411. The van der Waals surface area contributed by atoms with Gasteiger partial charge in [0.1, 0.15) is 0 Å². The normalized spacial score (nSPS) is 16.1. The maximum atomic E-state index is 2.54. The van der Waals surface area contributed by atoms with Crippen molar-refractivity contribution in [1.29, 1.82) is 0 Å². The van der Waals surface area contributed by atoms with E-state index in [1.54, 1.807) is 0 Å². The second kappa shape index (κ2) is 26.3. The zero-order valence-corrected chi connectivity index (χ0v) is 63.8. The lowest BCUT2D eigenvalue weighted by Gasteiger charge is -2.32. The van der Waals surface area contributed by atoms with Crippen LogP contribution in [0.2, 0.25) is 0 Å². The molecule has 0 amide bonds. The van der Waals surface area contributed by atoms with Crippen molar-refractivity contribution in [2.75, 3.05) is 54.3 Å². The number of nitrogens with zero attached hydrogens (tertiary/aromatic N) is 6. The van der Waals surface area contributed by atoms with Gasteiger partial charge in [-0.2, -0.15) is 0 Å². The molecule has 0 saturated heterocycles. The van der Waals surface area contributed by atoms with Gasteiger partial charge in [-0.3, -0.25) is 0 Å². The summed E-state index contributed by atoms with van der Waals surface area (Å²) in [7, 11) is 0. The van der Waals surface area contributed by atoms with Crippen LogP contribution in [0.3, 0.4) is 0 Å². The van der Waals surface area contributed by atoms with Gasteiger partial charge >= 0.3 is 0 Å². The zero-order chi connectivity index (χ0) is 73.1. The summed E-state index contributed by atoms with van der Waals surface area (Å²) in [5.41, 5.74) is 38.8. The number of rotatable bonds is 18. The van der Waals surface area contributed by atoms with E-state index < -0.39 is 5.41 Å². The van der Waals surface area contributed by atoms with Crippen molar-refractivity contribution in [3.8, 4) is 33.4 Å². The first-order valence-corrected chi connectivity index (χ1v) is 38.8. The summed E-state index contributed by atoms with van der Waals surface area (Å²) in [6.45, 7) is 28.5. The number of hydrogen-bond acceptors (Lipinski definition) is 6. The Labute approximate surface area is 634 Å². The van der Waals surface area contributed by atoms with Gasteiger partial charge in [0, 0.05) is 93.6 Å². The molecule has 0 radical (unpaired) electrons. The highest BCUT2D eigenvalue weighted by atomic mass is 15.4. The predicted octanol–water partition coefficient (Wildman–Crippen LogP) is 22.8. The Morgan fingerprint density at radius 2 is 0.514 bits per heavy atom. The molecule has 0 atom stereocenters. The molecule has 0 unspecified atom stereocenters. The van der Waals surface area contributed by atoms with Gasteiger partial charge in [-0.1, -0.05) is 278 Å². The summed E-state index contributed by atoms with van der Waals surface area (Å²) in [6.07, 6.45) is 10.0. The third-order valence-electron chi connectivity index (χ3n) is 25.3. The van der Waals surface area contributed by atoms with Gasteiger partial charge in [-0.05, 0) is 200 Å². The van der Waals surface area contributed by atoms with Gasteiger partial charge in [0.25, 0.3) is 0 Å². The minimum atomic E-state index is -0.444. The van der Waals surface area contributed by atoms with Crippen LogP contribution in [0.15, 0.2) is 292 Å². The molecule has 530 valence electrons. The van der Waals surface area contributed by atoms with E-state index >= 15 is 0 Å². The summed E-state index contributed by atoms with van der Waals surface area (Å²) in [5, 5.41) is 0. The Kier molecular flexibility index (Phi) is 16.6. The molecule has 6 heteroatoms. The van der Waals surface area contributed by atoms with Crippen molar-refractivity contribution in [3.05, 3.63) is 392 Å². The summed E-state index contributed by atoms with van der Waals surface area (Å²) in [6, 6.07) is 104. The van der Waals surface area contributed by atoms with Gasteiger partial charge < -0.3 is 29.4 Å². The molecule has 107 heavy (non-hydrogen) atoms. The average Bonchev–Trinajstić information content (AvgIpc) is 1.74. The van der Waals surface area contributed by atoms with Crippen LogP contribution in [-0.2, 0) is 40.9 Å². The third kappa shape index (κ3) is 11.6. The van der Waals surface area contributed by atoms with E-state index in [1.165, 1.54) is 168 Å². The van der Waals surface area contributed by atoms with Crippen LogP contribution in [0, 0.1) is 20.8 Å². The Morgan fingerprint density at radius 3 is 0.785 bits per heavy atom. The highest BCUT2D eigenvalue weighted by Crippen LogP contribution is 2.54. The first kappa shape index (κ1) is 67.5. The number of aryl methyl sites for hydroxylation is 3. The average molecular weight is 1390 g/mol. The van der Waals surface area contributed by atoms with E-state index in [1.807, 2.05) is 0 Å². The Balaban J connectivity index is 0.617. The van der Waals surface area contributed by atoms with Crippen LogP contribution >= 0.6 is 0 Å². The van der Waals surface area contributed by atoms with E-state index in [4.69, 9.17) is 0 Å². The minimum absolute atomic E-state index is 0.0807. The van der Waals surface area contributed by atoms with Crippen molar-refractivity contribution < 1.29 is 0 Å². The van der Waals surface area contributed by atoms with Crippen molar-refractivity contribution in [2.45, 2.75) is 110 Å². The van der Waals surface area contributed by atoms with Gasteiger partial charge in [-0.15, -0.1) is 0 Å². The molecule has 0 saturated carbocycles. The Morgan fingerprint density at radius 1 is 0.271 bits per heavy atom. The van der Waals surface area contributed by atoms with Gasteiger partial charge in [0.2, 0.25) is 0 Å².